The third-order valence-corrected chi connectivity index (χ3v) is 4.57. The van der Waals surface area contributed by atoms with Crippen LogP contribution in [0.15, 0.2) is 60.7 Å². The molecule has 0 saturated heterocycles. The number of quaternary nitrogens is 1. The average Bonchev–Trinajstić information content (AvgIpc) is 3.42. The number of nitrogens with two attached hydrogens (primary N) is 1. The van der Waals surface area contributed by atoms with E-state index in [1.54, 1.807) is 0 Å². The monoisotopic (exact) mass is 309 g/mol. The summed E-state index contributed by atoms with van der Waals surface area (Å²) in [7, 11) is 0. The maximum Gasteiger partial charge on any atom is 0.275 e. The van der Waals surface area contributed by atoms with Gasteiger partial charge in [-0.05, 0) is 25.7 Å². The molecule has 1 atom stereocenters. The molecule has 3 rings (SSSR count). The molecule has 0 aromatic heterocycles. The summed E-state index contributed by atoms with van der Waals surface area (Å²) in [6, 6.07) is 21.2. The van der Waals surface area contributed by atoms with Crippen LogP contribution in [0.5, 0.6) is 0 Å². The molecule has 1 fully saturated rings. The van der Waals surface area contributed by atoms with Crippen molar-refractivity contribution in [2.45, 2.75) is 31.8 Å². The minimum atomic E-state index is 0.126. The van der Waals surface area contributed by atoms with Gasteiger partial charge in [0.2, 0.25) is 0 Å². The zero-order valence-corrected chi connectivity index (χ0v) is 13.6. The summed E-state index contributed by atoms with van der Waals surface area (Å²) in [5, 5.41) is 5.25. The Morgan fingerprint density at radius 1 is 1.04 bits per heavy atom. The van der Waals surface area contributed by atoms with E-state index in [1.807, 2.05) is 36.4 Å². The summed E-state index contributed by atoms with van der Waals surface area (Å²) < 4.78 is 0. The van der Waals surface area contributed by atoms with Gasteiger partial charge in [0.25, 0.3) is 5.91 Å². The fourth-order valence-electron chi connectivity index (χ4n) is 3.04. The van der Waals surface area contributed by atoms with Crippen LogP contribution in [-0.2, 0) is 4.79 Å². The quantitative estimate of drug-likeness (QED) is 0.809. The molecule has 0 radical (unpaired) electrons. The molecule has 3 heteroatoms. The van der Waals surface area contributed by atoms with Gasteiger partial charge in [0.1, 0.15) is 6.04 Å². The van der Waals surface area contributed by atoms with E-state index in [4.69, 9.17) is 0 Å². The second-order valence-electron chi connectivity index (χ2n) is 6.43. The van der Waals surface area contributed by atoms with Crippen LogP contribution < -0.4 is 10.6 Å². The van der Waals surface area contributed by atoms with Crippen molar-refractivity contribution >= 4 is 5.91 Å². The third-order valence-electron chi connectivity index (χ3n) is 4.57. The largest absolute Gasteiger partial charge is 0.348 e. The van der Waals surface area contributed by atoms with E-state index < -0.39 is 0 Å². The van der Waals surface area contributed by atoms with Gasteiger partial charge in [-0.3, -0.25) is 4.79 Å². The molecule has 2 aromatic carbocycles. The molecule has 0 heterocycles. The SMILES string of the molecule is C[C@@H](NC(=O)C[NH2+]C(c1ccccc1)c1ccccc1)C1CC1. The summed E-state index contributed by atoms with van der Waals surface area (Å²) in [4.78, 5) is 12.2. The first-order chi connectivity index (χ1) is 11.2. The Morgan fingerprint density at radius 3 is 2.04 bits per heavy atom. The number of carbonyl (C=O) groups is 1. The van der Waals surface area contributed by atoms with E-state index in [-0.39, 0.29) is 11.9 Å². The predicted octanol–water partition coefficient (Wildman–Crippen LogP) is 2.25. The van der Waals surface area contributed by atoms with Gasteiger partial charge < -0.3 is 10.6 Å². The van der Waals surface area contributed by atoms with Crippen molar-refractivity contribution in [2.24, 2.45) is 5.92 Å². The molecule has 1 amide bonds. The normalized spacial score (nSPS) is 15.4. The highest BCUT2D eigenvalue weighted by Crippen LogP contribution is 2.32. The van der Waals surface area contributed by atoms with Gasteiger partial charge >= 0.3 is 0 Å². The number of hydrogen-bond acceptors (Lipinski definition) is 1. The first-order valence-corrected chi connectivity index (χ1v) is 8.46. The number of rotatable bonds is 7. The highest BCUT2D eigenvalue weighted by atomic mass is 16.2. The van der Waals surface area contributed by atoms with Gasteiger partial charge in [-0.15, -0.1) is 0 Å². The lowest BCUT2D eigenvalue weighted by molar-refractivity contribution is -0.676. The number of carbonyl (C=O) groups excluding carboxylic acids is 1. The highest BCUT2D eigenvalue weighted by molar-refractivity contribution is 5.77. The highest BCUT2D eigenvalue weighted by Gasteiger charge is 2.29. The number of amides is 1. The van der Waals surface area contributed by atoms with Crippen molar-refractivity contribution < 1.29 is 10.1 Å². The van der Waals surface area contributed by atoms with Crippen molar-refractivity contribution in [1.82, 2.24) is 5.32 Å². The fraction of sp³-hybridized carbons (Fsp3) is 0.350. The molecule has 1 saturated carbocycles. The van der Waals surface area contributed by atoms with E-state index in [2.05, 4.69) is 41.8 Å². The lowest BCUT2D eigenvalue weighted by Gasteiger charge is -2.18. The summed E-state index contributed by atoms with van der Waals surface area (Å²) in [6.07, 6.45) is 2.50. The van der Waals surface area contributed by atoms with Crippen molar-refractivity contribution in [1.29, 1.82) is 0 Å². The van der Waals surface area contributed by atoms with E-state index in [1.165, 1.54) is 24.0 Å². The Morgan fingerprint density at radius 2 is 1.57 bits per heavy atom. The molecule has 0 bridgehead atoms. The van der Waals surface area contributed by atoms with Gasteiger partial charge in [-0.1, -0.05) is 60.7 Å². The number of nitrogens with one attached hydrogen (secondary N) is 1. The lowest BCUT2D eigenvalue weighted by atomic mass is 9.99. The summed E-state index contributed by atoms with van der Waals surface area (Å²) in [5.74, 6) is 0.819. The van der Waals surface area contributed by atoms with Crippen LogP contribution in [0.2, 0.25) is 0 Å². The minimum absolute atomic E-state index is 0.126. The Kier molecular flexibility index (Phi) is 5.09. The molecule has 0 aliphatic heterocycles. The van der Waals surface area contributed by atoms with Crippen LogP contribution in [0.4, 0.5) is 0 Å². The van der Waals surface area contributed by atoms with Crippen LogP contribution in [0.3, 0.4) is 0 Å². The molecular formula is C20H25N2O+. The van der Waals surface area contributed by atoms with Crippen LogP contribution in [0.25, 0.3) is 0 Å². The van der Waals surface area contributed by atoms with Crippen LogP contribution in [0, 0.1) is 5.92 Å². The second-order valence-corrected chi connectivity index (χ2v) is 6.43. The Balaban J connectivity index is 1.65. The van der Waals surface area contributed by atoms with Crippen LogP contribution in [-0.4, -0.2) is 18.5 Å². The molecule has 1 aliphatic rings. The van der Waals surface area contributed by atoms with E-state index in [9.17, 15) is 4.79 Å². The summed E-state index contributed by atoms with van der Waals surface area (Å²) in [5.41, 5.74) is 2.45. The zero-order chi connectivity index (χ0) is 16.1. The molecule has 1 aliphatic carbocycles. The molecule has 0 unspecified atom stereocenters. The molecule has 23 heavy (non-hydrogen) atoms. The zero-order valence-electron chi connectivity index (χ0n) is 13.6. The van der Waals surface area contributed by atoms with Crippen molar-refractivity contribution in [3.05, 3.63) is 71.8 Å². The molecule has 120 valence electrons. The summed E-state index contributed by atoms with van der Waals surface area (Å²) in [6.45, 7) is 2.56. The predicted molar refractivity (Wildman–Crippen MR) is 91.8 cm³/mol. The fourth-order valence-corrected chi connectivity index (χ4v) is 3.04. The van der Waals surface area contributed by atoms with Gasteiger partial charge in [0.05, 0.1) is 0 Å². The molecule has 0 spiro atoms. The standard InChI is InChI=1S/C20H24N2O/c1-15(16-12-13-16)22-19(23)14-21-20(17-8-4-2-5-9-17)18-10-6-3-7-11-18/h2-11,15-16,20-21H,12-14H2,1H3,(H,22,23)/p+1/t15-/m1/s1. The Hall–Kier alpha value is -2.13. The van der Waals surface area contributed by atoms with Gasteiger partial charge in [0, 0.05) is 17.2 Å². The van der Waals surface area contributed by atoms with Gasteiger partial charge in [-0.25, -0.2) is 0 Å². The smallest absolute Gasteiger partial charge is 0.275 e. The maximum atomic E-state index is 12.2. The minimum Gasteiger partial charge on any atom is -0.348 e. The molecular weight excluding hydrogens is 284 g/mol. The van der Waals surface area contributed by atoms with E-state index in [0.29, 0.717) is 18.5 Å². The average molecular weight is 309 g/mol. The topological polar surface area (TPSA) is 45.7 Å². The molecule has 3 nitrogen and oxygen atoms in total. The first kappa shape index (κ1) is 15.8. The summed E-state index contributed by atoms with van der Waals surface area (Å²) >= 11 is 0. The lowest BCUT2D eigenvalue weighted by Crippen LogP contribution is -2.87. The molecule has 3 N–H and O–H groups in total. The number of hydrogen-bond donors (Lipinski definition) is 2. The van der Waals surface area contributed by atoms with E-state index >= 15 is 0 Å². The van der Waals surface area contributed by atoms with Gasteiger partial charge in [-0.2, -0.15) is 0 Å². The first-order valence-electron chi connectivity index (χ1n) is 8.46. The second kappa shape index (κ2) is 7.42. The van der Waals surface area contributed by atoms with Gasteiger partial charge in [0.15, 0.2) is 6.54 Å². The van der Waals surface area contributed by atoms with Crippen molar-refractivity contribution in [3.63, 3.8) is 0 Å². The van der Waals surface area contributed by atoms with Crippen molar-refractivity contribution in [2.75, 3.05) is 6.54 Å². The Bertz CT molecular complexity index is 583. The number of benzene rings is 2. The molecule has 2 aromatic rings. The Labute approximate surface area is 138 Å². The maximum absolute atomic E-state index is 12.2. The third kappa shape index (κ3) is 4.42. The van der Waals surface area contributed by atoms with Crippen molar-refractivity contribution in [3.8, 4) is 0 Å². The van der Waals surface area contributed by atoms with Crippen LogP contribution in [0.1, 0.15) is 36.9 Å². The van der Waals surface area contributed by atoms with Crippen LogP contribution >= 0.6 is 0 Å². The van der Waals surface area contributed by atoms with E-state index in [0.717, 1.165) is 0 Å².